The molecule has 9 heteroatoms. The van der Waals surface area contributed by atoms with Crippen LogP contribution in [-0.4, -0.2) is 31.1 Å². The molecule has 0 heterocycles. The first-order chi connectivity index (χ1) is 11.7. The number of halogens is 4. The third-order valence-electron chi connectivity index (χ3n) is 2.65. The zero-order chi connectivity index (χ0) is 19.0. The fourth-order valence-electron chi connectivity index (χ4n) is 1.42. The predicted molar refractivity (Wildman–Crippen MR) is 103 cm³/mol. The van der Waals surface area contributed by atoms with E-state index < -0.39 is 0 Å². The first-order valence-corrected chi connectivity index (χ1v) is 8.22. The summed E-state index contributed by atoms with van der Waals surface area (Å²) in [5.74, 6) is 0. The highest BCUT2D eigenvalue weighted by atomic mass is 35.5. The van der Waals surface area contributed by atoms with Crippen molar-refractivity contribution >= 4 is 69.9 Å². The Labute approximate surface area is 165 Å². The van der Waals surface area contributed by atoms with Crippen LogP contribution in [0.15, 0.2) is 41.4 Å². The summed E-state index contributed by atoms with van der Waals surface area (Å²) in [6.07, 6.45) is 1.40. The Balaban J connectivity index is 0.000000257. The molecule has 0 saturated carbocycles. The molecule has 0 spiro atoms. The lowest BCUT2D eigenvalue weighted by atomic mass is 10.3. The zero-order valence-corrected chi connectivity index (χ0v) is 16.2. The third-order valence-corrected chi connectivity index (χ3v) is 4.13. The van der Waals surface area contributed by atoms with Gasteiger partial charge in [-0.15, -0.1) is 0 Å². The molecule has 132 valence electrons. The minimum atomic E-state index is -0.205. The van der Waals surface area contributed by atoms with Gasteiger partial charge in [0.1, 0.15) is 0 Å². The van der Waals surface area contributed by atoms with E-state index in [9.17, 15) is 9.59 Å². The highest BCUT2D eigenvalue weighted by molar-refractivity contribution is 6.42. The molecule has 25 heavy (non-hydrogen) atoms. The number of amides is 2. The smallest absolute Gasteiger partial charge is 0.321 e. The minimum absolute atomic E-state index is 0.205. The van der Waals surface area contributed by atoms with Gasteiger partial charge in [-0.3, -0.25) is 0 Å². The Morgan fingerprint density at radius 1 is 0.960 bits per heavy atom. The van der Waals surface area contributed by atoms with Crippen molar-refractivity contribution in [2.45, 2.75) is 0 Å². The van der Waals surface area contributed by atoms with Gasteiger partial charge in [0.25, 0.3) is 0 Å². The van der Waals surface area contributed by atoms with Crippen LogP contribution in [0.2, 0.25) is 20.1 Å². The second kappa shape index (κ2) is 10.3. The molecule has 0 fully saturated rings. The van der Waals surface area contributed by atoms with E-state index >= 15 is 0 Å². The summed E-state index contributed by atoms with van der Waals surface area (Å²) >= 11 is 22.7. The van der Waals surface area contributed by atoms with Crippen LogP contribution in [0.1, 0.15) is 0 Å². The maximum Gasteiger partial charge on any atom is 0.321 e. The van der Waals surface area contributed by atoms with E-state index in [1.165, 1.54) is 17.0 Å². The highest BCUT2D eigenvalue weighted by Gasteiger charge is 2.05. The van der Waals surface area contributed by atoms with Crippen molar-refractivity contribution in [1.82, 2.24) is 4.90 Å². The number of carbonyl (C=O) groups is 1. The monoisotopic (exact) mass is 419 g/mol. The molecule has 1 N–H and O–H groups in total. The van der Waals surface area contributed by atoms with Crippen molar-refractivity contribution in [1.29, 1.82) is 0 Å². The third kappa shape index (κ3) is 7.34. The Bertz CT molecular complexity index is 806. The van der Waals surface area contributed by atoms with E-state index in [0.717, 1.165) is 0 Å². The summed E-state index contributed by atoms with van der Waals surface area (Å²) in [5, 5.41) is 4.36. The van der Waals surface area contributed by atoms with Crippen LogP contribution >= 0.6 is 46.4 Å². The molecule has 0 bridgehead atoms. The van der Waals surface area contributed by atoms with Crippen LogP contribution in [0.4, 0.5) is 16.2 Å². The number of nitrogens with one attached hydrogen (secondary N) is 1. The van der Waals surface area contributed by atoms with E-state index in [1.807, 2.05) is 0 Å². The van der Waals surface area contributed by atoms with Crippen LogP contribution in [0, 0.1) is 0 Å². The molecule has 2 rings (SSSR count). The number of benzene rings is 2. The Kier molecular flexibility index (Phi) is 8.76. The fraction of sp³-hybridized carbons (Fsp3) is 0.125. The zero-order valence-electron chi connectivity index (χ0n) is 13.2. The molecule has 0 unspecified atom stereocenters. The molecule has 2 amide bonds. The van der Waals surface area contributed by atoms with Crippen LogP contribution in [0.3, 0.4) is 0 Å². The van der Waals surface area contributed by atoms with Crippen molar-refractivity contribution in [3.8, 4) is 0 Å². The number of hydrogen-bond acceptors (Lipinski definition) is 3. The molecule has 0 aromatic heterocycles. The molecule has 0 aliphatic rings. The molecule has 2 aromatic carbocycles. The van der Waals surface area contributed by atoms with Gasteiger partial charge < -0.3 is 10.2 Å². The average Bonchev–Trinajstić information content (AvgIpc) is 2.55. The number of hydrogen-bond donors (Lipinski definition) is 1. The number of rotatable bonds is 2. The van der Waals surface area contributed by atoms with Crippen molar-refractivity contribution in [2.24, 2.45) is 4.99 Å². The molecule has 0 atom stereocenters. The second-order valence-electron chi connectivity index (χ2n) is 4.75. The normalized spacial score (nSPS) is 9.36. The molecule has 0 radical (unpaired) electrons. The standard InChI is InChI=1S/C9H10Cl2N2O.C7H3Cl2NO/c1-13(2)9(14)12-6-3-4-7(10)8(11)5-6;8-6-2-1-5(10-4-11)3-7(6)9/h3-5H,1-2H3,(H,12,14);1-3H. The Hall–Kier alpha value is -1.75. The molecular formula is C16H13Cl4N3O2. The topological polar surface area (TPSA) is 61.8 Å². The van der Waals surface area contributed by atoms with Crippen molar-refractivity contribution in [3.63, 3.8) is 0 Å². The number of nitrogens with zero attached hydrogens (tertiary/aromatic N) is 2. The van der Waals surface area contributed by atoms with Gasteiger partial charge in [-0.1, -0.05) is 46.4 Å². The predicted octanol–water partition coefficient (Wildman–Crippen LogP) is 6.05. The Morgan fingerprint density at radius 3 is 2.00 bits per heavy atom. The quantitative estimate of drug-likeness (QED) is 0.474. The maximum atomic E-state index is 11.2. The number of carbonyl (C=O) groups excluding carboxylic acids is 2. The SMILES string of the molecule is CN(C)C(=O)Nc1ccc(Cl)c(Cl)c1.O=C=Nc1ccc(Cl)c(Cl)c1. The first kappa shape index (κ1) is 21.3. The number of urea groups is 1. The molecule has 0 saturated heterocycles. The average molecular weight is 421 g/mol. The summed E-state index contributed by atoms with van der Waals surface area (Å²) in [6.45, 7) is 0. The minimum Gasteiger partial charge on any atom is -0.331 e. The van der Waals surface area contributed by atoms with Crippen LogP contribution < -0.4 is 5.32 Å². The molecule has 2 aromatic rings. The molecule has 0 aliphatic carbocycles. The summed E-state index contributed by atoms with van der Waals surface area (Å²) in [6, 6.07) is 9.37. The summed E-state index contributed by atoms with van der Waals surface area (Å²) in [4.78, 5) is 25.8. The maximum absolute atomic E-state index is 11.2. The van der Waals surface area contributed by atoms with E-state index in [1.54, 1.807) is 44.4 Å². The summed E-state index contributed by atoms with van der Waals surface area (Å²) in [5.41, 5.74) is 1.08. The van der Waals surface area contributed by atoms with E-state index in [2.05, 4.69) is 10.3 Å². The van der Waals surface area contributed by atoms with Gasteiger partial charge in [0.2, 0.25) is 6.08 Å². The van der Waals surface area contributed by atoms with E-state index in [4.69, 9.17) is 46.4 Å². The first-order valence-electron chi connectivity index (χ1n) is 6.71. The number of isocyanates is 1. The fourth-order valence-corrected chi connectivity index (χ4v) is 2.01. The lowest BCUT2D eigenvalue weighted by Crippen LogP contribution is -2.27. The summed E-state index contributed by atoms with van der Waals surface area (Å²) < 4.78 is 0. The van der Waals surface area contributed by atoms with Gasteiger partial charge in [0, 0.05) is 19.8 Å². The van der Waals surface area contributed by atoms with Gasteiger partial charge in [-0.2, -0.15) is 4.99 Å². The van der Waals surface area contributed by atoms with Gasteiger partial charge in [-0.25, -0.2) is 9.59 Å². The number of anilines is 1. The molecule has 5 nitrogen and oxygen atoms in total. The van der Waals surface area contributed by atoms with Gasteiger partial charge >= 0.3 is 6.03 Å². The van der Waals surface area contributed by atoms with E-state index in [0.29, 0.717) is 31.5 Å². The van der Waals surface area contributed by atoms with Gasteiger partial charge in [0.05, 0.1) is 25.8 Å². The van der Waals surface area contributed by atoms with Crippen LogP contribution in [-0.2, 0) is 4.79 Å². The largest absolute Gasteiger partial charge is 0.331 e. The van der Waals surface area contributed by atoms with Crippen molar-refractivity contribution in [2.75, 3.05) is 19.4 Å². The lowest BCUT2D eigenvalue weighted by Gasteiger charge is -2.12. The van der Waals surface area contributed by atoms with Crippen LogP contribution in [0.5, 0.6) is 0 Å². The van der Waals surface area contributed by atoms with Crippen LogP contribution in [0.25, 0.3) is 0 Å². The lowest BCUT2D eigenvalue weighted by molar-refractivity contribution is 0.230. The van der Waals surface area contributed by atoms with E-state index in [-0.39, 0.29) is 6.03 Å². The molecular weight excluding hydrogens is 408 g/mol. The van der Waals surface area contributed by atoms with Crippen molar-refractivity contribution < 1.29 is 9.59 Å². The number of aliphatic imine (C=N–C) groups is 1. The van der Waals surface area contributed by atoms with Gasteiger partial charge in [0.15, 0.2) is 0 Å². The van der Waals surface area contributed by atoms with Crippen molar-refractivity contribution in [3.05, 3.63) is 56.5 Å². The molecule has 0 aliphatic heterocycles. The Morgan fingerprint density at radius 2 is 1.52 bits per heavy atom. The van der Waals surface area contributed by atoms with Gasteiger partial charge in [-0.05, 0) is 36.4 Å². The summed E-state index contributed by atoms with van der Waals surface area (Å²) in [7, 11) is 3.32. The second-order valence-corrected chi connectivity index (χ2v) is 6.38. The highest BCUT2D eigenvalue weighted by Crippen LogP contribution is 2.26.